The second-order valence-corrected chi connectivity index (χ2v) is 4.20. The maximum Gasteiger partial charge on any atom is 0.356 e. The Morgan fingerprint density at radius 3 is 2.90 bits per heavy atom. The van der Waals surface area contributed by atoms with Crippen molar-refractivity contribution >= 4 is 17.6 Å². The van der Waals surface area contributed by atoms with E-state index in [9.17, 15) is 9.59 Å². The molecule has 1 unspecified atom stereocenters. The van der Waals surface area contributed by atoms with E-state index in [1.54, 1.807) is 12.1 Å². The van der Waals surface area contributed by atoms with Gasteiger partial charge in [0, 0.05) is 18.4 Å². The van der Waals surface area contributed by atoms with Crippen molar-refractivity contribution in [2.24, 2.45) is 0 Å². The molecule has 20 heavy (non-hydrogen) atoms. The molecule has 0 N–H and O–H groups in total. The molecule has 0 aromatic carbocycles. The zero-order chi connectivity index (χ0) is 14.5. The summed E-state index contributed by atoms with van der Waals surface area (Å²) >= 11 is 0. The van der Waals surface area contributed by atoms with Crippen LogP contribution in [0.2, 0.25) is 0 Å². The number of anilines is 1. The zero-order valence-electron chi connectivity index (χ0n) is 11.4. The third-order valence-corrected chi connectivity index (χ3v) is 3.07. The molecule has 0 radical (unpaired) electrons. The van der Waals surface area contributed by atoms with Crippen LogP contribution in [0.15, 0.2) is 18.3 Å². The van der Waals surface area contributed by atoms with Crippen LogP contribution >= 0.6 is 0 Å². The highest BCUT2D eigenvalue weighted by Gasteiger charge is 2.30. The van der Waals surface area contributed by atoms with Crippen molar-refractivity contribution in [1.29, 1.82) is 0 Å². The van der Waals surface area contributed by atoms with Crippen LogP contribution in [-0.4, -0.2) is 56.9 Å². The zero-order valence-corrected chi connectivity index (χ0v) is 11.4. The highest BCUT2D eigenvalue weighted by molar-refractivity contribution is 5.88. The van der Waals surface area contributed by atoms with Crippen LogP contribution in [0.1, 0.15) is 10.5 Å². The second-order valence-electron chi connectivity index (χ2n) is 4.20. The van der Waals surface area contributed by atoms with Crippen LogP contribution in [0, 0.1) is 0 Å². The molecular weight excluding hydrogens is 264 g/mol. The number of hydrogen-bond donors (Lipinski definition) is 0. The first-order chi connectivity index (χ1) is 9.67. The molecule has 7 nitrogen and oxygen atoms in total. The van der Waals surface area contributed by atoms with Gasteiger partial charge in [-0.05, 0) is 12.1 Å². The van der Waals surface area contributed by atoms with Crippen molar-refractivity contribution in [3.63, 3.8) is 0 Å². The standard InChI is InChI=1S/C13H16N2O5/c1-18-12(16)10-7-9(3-4-14-10)15-5-6-20-8-11(15)13(17)19-2/h3-4,7,11H,5-6,8H2,1-2H3. The number of esters is 2. The Bertz CT molecular complexity index is 505. The average molecular weight is 280 g/mol. The van der Waals surface area contributed by atoms with E-state index >= 15 is 0 Å². The van der Waals surface area contributed by atoms with Crippen LogP contribution in [-0.2, 0) is 19.0 Å². The lowest BCUT2D eigenvalue weighted by atomic mass is 10.2. The van der Waals surface area contributed by atoms with Gasteiger partial charge in [-0.2, -0.15) is 0 Å². The third kappa shape index (κ3) is 2.88. The molecule has 0 amide bonds. The van der Waals surface area contributed by atoms with Crippen molar-refractivity contribution in [2.45, 2.75) is 6.04 Å². The third-order valence-electron chi connectivity index (χ3n) is 3.07. The minimum absolute atomic E-state index is 0.195. The van der Waals surface area contributed by atoms with Gasteiger partial charge in [0.05, 0.1) is 27.4 Å². The first-order valence-corrected chi connectivity index (χ1v) is 6.14. The van der Waals surface area contributed by atoms with Crippen LogP contribution in [0.5, 0.6) is 0 Å². The maximum atomic E-state index is 11.8. The number of nitrogens with zero attached hydrogens (tertiary/aromatic N) is 2. The normalized spacial score (nSPS) is 18.5. The molecule has 0 aliphatic carbocycles. The molecule has 0 saturated carbocycles. The van der Waals surface area contributed by atoms with E-state index in [0.29, 0.717) is 18.8 Å². The number of carbonyl (C=O) groups excluding carboxylic acids is 2. The van der Waals surface area contributed by atoms with Crippen LogP contribution in [0.25, 0.3) is 0 Å². The van der Waals surface area contributed by atoms with E-state index < -0.39 is 12.0 Å². The predicted molar refractivity (Wildman–Crippen MR) is 69.5 cm³/mol. The van der Waals surface area contributed by atoms with E-state index in [-0.39, 0.29) is 18.3 Å². The van der Waals surface area contributed by atoms with Crippen molar-refractivity contribution < 1.29 is 23.8 Å². The van der Waals surface area contributed by atoms with Gasteiger partial charge in [-0.15, -0.1) is 0 Å². The fraction of sp³-hybridized carbons (Fsp3) is 0.462. The Morgan fingerprint density at radius 2 is 2.20 bits per heavy atom. The Labute approximate surface area is 116 Å². The maximum absolute atomic E-state index is 11.8. The number of morpholine rings is 1. The largest absolute Gasteiger partial charge is 0.467 e. The fourth-order valence-corrected chi connectivity index (χ4v) is 2.06. The van der Waals surface area contributed by atoms with Crippen molar-refractivity contribution in [3.05, 3.63) is 24.0 Å². The quantitative estimate of drug-likeness (QED) is 0.734. The van der Waals surface area contributed by atoms with E-state index in [1.165, 1.54) is 20.4 Å². The minimum atomic E-state index is -0.526. The summed E-state index contributed by atoms with van der Waals surface area (Å²) in [4.78, 5) is 29.1. The van der Waals surface area contributed by atoms with Gasteiger partial charge in [-0.1, -0.05) is 0 Å². The first kappa shape index (κ1) is 14.3. The predicted octanol–water partition coefficient (Wildman–Crippen LogP) is 0.246. The second kappa shape index (κ2) is 6.33. The lowest BCUT2D eigenvalue weighted by molar-refractivity contribution is -0.144. The SMILES string of the molecule is COC(=O)c1cc(N2CCOCC2C(=O)OC)ccn1. The van der Waals surface area contributed by atoms with Gasteiger partial charge in [0.1, 0.15) is 5.69 Å². The number of rotatable bonds is 3. The van der Waals surface area contributed by atoms with Gasteiger partial charge in [-0.25, -0.2) is 14.6 Å². The fourth-order valence-electron chi connectivity index (χ4n) is 2.06. The van der Waals surface area contributed by atoms with Gasteiger partial charge in [0.25, 0.3) is 0 Å². The van der Waals surface area contributed by atoms with E-state index in [0.717, 1.165) is 0 Å². The van der Waals surface area contributed by atoms with Gasteiger partial charge >= 0.3 is 11.9 Å². The number of hydrogen-bond acceptors (Lipinski definition) is 7. The highest BCUT2D eigenvalue weighted by atomic mass is 16.5. The minimum Gasteiger partial charge on any atom is -0.467 e. The molecular formula is C13H16N2O5. The summed E-state index contributed by atoms with van der Waals surface area (Å²) in [5.74, 6) is -0.893. The van der Waals surface area contributed by atoms with Gasteiger partial charge < -0.3 is 19.1 Å². The molecule has 7 heteroatoms. The van der Waals surface area contributed by atoms with Crippen LogP contribution < -0.4 is 4.90 Å². The number of aromatic nitrogens is 1. The molecule has 2 heterocycles. The Kier molecular flexibility index (Phi) is 4.52. The summed E-state index contributed by atoms with van der Waals surface area (Å²) in [6.07, 6.45) is 1.51. The summed E-state index contributed by atoms with van der Waals surface area (Å²) in [6, 6.07) is 2.79. The van der Waals surface area contributed by atoms with Gasteiger partial charge in [0.2, 0.25) is 0 Å². The molecule has 2 rings (SSSR count). The molecule has 0 bridgehead atoms. The summed E-state index contributed by atoms with van der Waals surface area (Å²) < 4.78 is 14.7. The van der Waals surface area contributed by atoms with Crippen molar-refractivity contribution in [2.75, 3.05) is 38.9 Å². The smallest absolute Gasteiger partial charge is 0.356 e. The molecule has 1 saturated heterocycles. The Balaban J connectivity index is 2.28. The number of methoxy groups -OCH3 is 2. The lowest BCUT2D eigenvalue weighted by Gasteiger charge is -2.35. The van der Waals surface area contributed by atoms with Gasteiger partial charge in [0.15, 0.2) is 6.04 Å². The summed E-state index contributed by atoms with van der Waals surface area (Å²) in [5, 5.41) is 0. The molecule has 108 valence electrons. The molecule has 1 aromatic rings. The highest BCUT2D eigenvalue weighted by Crippen LogP contribution is 2.21. The average Bonchev–Trinajstić information content (AvgIpc) is 2.53. The van der Waals surface area contributed by atoms with Crippen molar-refractivity contribution in [3.8, 4) is 0 Å². The van der Waals surface area contributed by atoms with Crippen molar-refractivity contribution in [1.82, 2.24) is 4.98 Å². The summed E-state index contributed by atoms with van der Waals surface area (Å²) in [7, 11) is 2.63. The molecule has 1 aliphatic heterocycles. The van der Waals surface area contributed by atoms with E-state index in [1.807, 2.05) is 4.90 Å². The number of ether oxygens (including phenoxy) is 3. The Hall–Kier alpha value is -2.15. The van der Waals surface area contributed by atoms with E-state index in [4.69, 9.17) is 9.47 Å². The Morgan fingerprint density at radius 1 is 1.40 bits per heavy atom. The lowest BCUT2D eigenvalue weighted by Crippen LogP contribution is -2.50. The summed E-state index contributed by atoms with van der Waals surface area (Å²) in [6.45, 7) is 1.29. The van der Waals surface area contributed by atoms with E-state index in [2.05, 4.69) is 9.72 Å². The molecule has 1 fully saturated rings. The van der Waals surface area contributed by atoms with Gasteiger partial charge in [-0.3, -0.25) is 0 Å². The number of pyridine rings is 1. The molecule has 1 aromatic heterocycles. The number of carbonyl (C=O) groups is 2. The van der Waals surface area contributed by atoms with Crippen LogP contribution in [0.4, 0.5) is 5.69 Å². The monoisotopic (exact) mass is 280 g/mol. The molecule has 0 spiro atoms. The molecule has 1 aliphatic rings. The topological polar surface area (TPSA) is 78.0 Å². The van der Waals surface area contributed by atoms with Crippen LogP contribution in [0.3, 0.4) is 0 Å². The summed E-state index contributed by atoms with van der Waals surface area (Å²) in [5.41, 5.74) is 0.902. The first-order valence-electron chi connectivity index (χ1n) is 6.14. The molecule has 1 atom stereocenters.